The standard InChI is InChI=1S/C26H29N7O2/c1-4-5-13-32-22-23(29-25(32)31-12-8-9-18(27)15-31)30(3)26(35)33(24(22)34)16-21-20-11-7-6-10-19(20)17(2)14-28-21/h6-7,10-11,14,18H,8-9,12-13,15-16,27H2,1-3H3/t18-/m1/s1. The van der Waals surface area contributed by atoms with Crippen molar-refractivity contribution in [3.05, 3.63) is 62.6 Å². The average Bonchev–Trinajstić information content (AvgIpc) is 3.25. The van der Waals surface area contributed by atoms with Crippen molar-refractivity contribution in [3.63, 3.8) is 0 Å². The molecule has 1 fully saturated rings. The molecule has 1 aliphatic rings. The molecule has 5 rings (SSSR count). The molecule has 0 amide bonds. The van der Waals surface area contributed by atoms with E-state index in [4.69, 9.17) is 10.7 Å². The largest absolute Gasteiger partial charge is 0.341 e. The Morgan fingerprint density at radius 3 is 2.69 bits per heavy atom. The van der Waals surface area contributed by atoms with Gasteiger partial charge in [-0.2, -0.15) is 4.98 Å². The van der Waals surface area contributed by atoms with E-state index in [0.29, 0.717) is 35.9 Å². The van der Waals surface area contributed by atoms with Crippen LogP contribution in [0.5, 0.6) is 0 Å². The van der Waals surface area contributed by atoms with Crippen molar-refractivity contribution in [1.82, 2.24) is 23.7 Å². The van der Waals surface area contributed by atoms with Gasteiger partial charge in [-0.25, -0.2) is 4.79 Å². The average molecular weight is 472 g/mol. The lowest BCUT2D eigenvalue weighted by atomic mass is 10.1. The molecule has 4 heterocycles. The smallest absolute Gasteiger partial charge is 0.332 e. The molecular weight excluding hydrogens is 442 g/mol. The molecule has 0 unspecified atom stereocenters. The van der Waals surface area contributed by atoms with Gasteiger partial charge in [0.2, 0.25) is 5.95 Å². The van der Waals surface area contributed by atoms with Crippen molar-refractivity contribution in [2.75, 3.05) is 18.0 Å². The van der Waals surface area contributed by atoms with E-state index in [1.807, 2.05) is 35.8 Å². The topological polar surface area (TPSA) is 104 Å². The molecule has 0 saturated carbocycles. The zero-order valence-corrected chi connectivity index (χ0v) is 20.3. The second kappa shape index (κ2) is 9.04. The van der Waals surface area contributed by atoms with E-state index in [1.54, 1.807) is 20.2 Å². The van der Waals surface area contributed by atoms with E-state index in [-0.39, 0.29) is 12.6 Å². The number of anilines is 1. The van der Waals surface area contributed by atoms with Crippen molar-refractivity contribution in [2.45, 2.75) is 45.8 Å². The van der Waals surface area contributed by atoms with Crippen molar-refractivity contribution in [2.24, 2.45) is 12.8 Å². The number of benzene rings is 1. The molecule has 9 nitrogen and oxygen atoms in total. The molecule has 1 aliphatic heterocycles. The molecule has 9 heteroatoms. The Bertz CT molecular complexity index is 1620. The third-order valence-electron chi connectivity index (χ3n) is 6.75. The minimum Gasteiger partial charge on any atom is -0.341 e. The number of aryl methyl sites for hydroxylation is 2. The molecule has 4 aromatic rings. The normalized spacial score (nSPS) is 16.0. The third kappa shape index (κ3) is 3.90. The van der Waals surface area contributed by atoms with Crippen LogP contribution in [0, 0.1) is 18.8 Å². The summed E-state index contributed by atoms with van der Waals surface area (Å²) < 4.78 is 4.51. The molecule has 0 aliphatic carbocycles. The molecular formula is C26H29N7O2. The fraction of sp³-hybridized carbons (Fsp3) is 0.385. The van der Waals surface area contributed by atoms with Crippen LogP contribution in [-0.4, -0.2) is 42.8 Å². The molecule has 3 aromatic heterocycles. The van der Waals surface area contributed by atoms with E-state index in [1.165, 1.54) is 9.13 Å². The summed E-state index contributed by atoms with van der Waals surface area (Å²) in [5, 5.41) is 1.98. The molecule has 2 N–H and O–H groups in total. The molecule has 0 spiro atoms. The maximum absolute atomic E-state index is 13.8. The second-order valence-corrected chi connectivity index (χ2v) is 9.11. The minimum atomic E-state index is -0.429. The van der Waals surface area contributed by atoms with Crippen molar-refractivity contribution in [3.8, 4) is 11.8 Å². The summed E-state index contributed by atoms with van der Waals surface area (Å²) in [6.07, 6.45) is 3.68. The minimum absolute atomic E-state index is 0.0376. The van der Waals surface area contributed by atoms with Crippen LogP contribution in [0.3, 0.4) is 0 Å². The first-order valence-corrected chi connectivity index (χ1v) is 11.8. The number of hydrogen-bond acceptors (Lipinski definition) is 6. The quantitative estimate of drug-likeness (QED) is 0.455. The lowest BCUT2D eigenvalue weighted by molar-refractivity contribution is 0.496. The van der Waals surface area contributed by atoms with Crippen molar-refractivity contribution >= 4 is 27.9 Å². The molecule has 35 heavy (non-hydrogen) atoms. The van der Waals surface area contributed by atoms with Gasteiger partial charge in [0.1, 0.15) is 0 Å². The Morgan fingerprint density at radius 1 is 1.17 bits per heavy atom. The third-order valence-corrected chi connectivity index (χ3v) is 6.75. The number of aromatic nitrogens is 5. The van der Waals surface area contributed by atoms with E-state index in [0.717, 1.165) is 35.7 Å². The van der Waals surface area contributed by atoms with Gasteiger partial charge in [-0.05, 0) is 37.6 Å². The van der Waals surface area contributed by atoms with Crippen LogP contribution >= 0.6 is 0 Å². The summed E-state index contributed by atoms with van der Waals surface area (Å²) in [6.45, 7) is 5.56. The summed E-state index contributed by atoms with van der Waals surface area (Å²) in [6, 6.07) is 7.93. The summed E-state index contributed by atoms with van der Waals surface area (Å²) in [7, 11) is 1.65. The highest BCUT2D eigenvalue weighted by molar-refractivity contribution is 5.87. The summed E-state index contributed by atoms with van der Waals surface area (Å²) in [5.41, 5.74) is 7.83. The molecule has 0 radical (unpaired) electrons. The van der Waals surface area contributed by atoms with E-state index in [9.17, 15) is 9.59 Å². The van der Waals surface area contributed by atoms with E-state index >= 15 is 0 Å². The monoisotopic (exact) mass is 471 g/mol. The maximum Gasteiger partial charge on any atom is 0.332 e. The van der Waals surface area contributed by atoms with Gasteiger partial charge in [-0.15, -0.1) is 5.92 Å². The summed E-state index contributed by atoms with van der Waals surface area (Å²) >= 11 is 0. The Hall–Kier alpha value is -3.90. The Labute approximate surface area is 202 Å². The Kier molecular flexibility index (Phi) is 5.91. The summed E-state index contributed by atoms with van der Waals surface area (Å²) in [4.78, 5) is 38.6. The van der Waals surface area contributed by atoms with Crippen LogP contribution in [0.4, 0.5) is 5.95 Å². The van der Waals surface area contributed by atoms with Gasteiger partial charge in [-0.1, -0.05) is 30.2 Å². The second-order valence-electron chi connectivity index (χ2n) is 9.11. The van der Waals surface area contributed by atoms with Gasteiger partial charge < -0.3 is 10.6 Å². The first kappa shape index (κ1) is 22.9. The molecule has 1 atom stereocenters. The highest BCUT2D eigenvalue weighted by Crippen LogP contribution is 2.24. The first-order chi connectivity index (χ1) is 16.9. The molecule has 0 bridgehead atoms. The number of nitrogens with two attached hydrogens (primary N) is 1. The van der Waals surface area contributed by atoms with Gasteiger partial charge >= 0.3 is 5.69 Å². The lowest BCUT2D eigenvalue weighted by Crippen LogP contribution is -2.44. The van der Waals surface area contributed by atoms with Gasteiger partial charge in [0.25, 0.3) is 5.56 Å². The van der Waals surface area contributed by atoms with Crippen LogP contribution in [-0.2, 0) is 20.1 Å². The highest BCUT2D eigenvalue weighted by Gasteiger charge is 2.26. The number of imidazole rings is 1. The number of piperidine rings is 1. The van der Waals surface area contributed by atoms with Crippen LogP contribution in [0.15, 0.2) is 40.1 Å². The van der Waals surface area contributed by atoms with E-state index < -0.39 is 11.2 Å². The van der Waals surface area contributed by atoms with E-state index in [2.05, 4.69) is 21.7 Å². The maximum atomic E-state index is 13.8. The fourth-order valence-corrected chi connectivity index (χ4v) is 4.91. The highest BCUT2D eigenvalue weighted by atomic mass is 16.2. The van der Waals surface area contributed by atoms with Crippen molar-refractivity contribution in [1.29, 1.82) is 0 Å². The van der Waals surface area contributed by atoms with Gasteiger partial charge in [0.15, 0.2) is 11.2 Å². The molecule has 180 valence electrons. The zero-order chi connectivity index (χ0) is 24.7. The lowest BCUT2D eigenvalue weighted by Gasteiger charge is -2.31. The fourth-order valence-electron chi connectivity index (χ4n) is 4.91. The predicted octanol–water partition coefficient (Wildman–Crippen LogP) is 1.75. The predicted molar refractivity (Wildman–Crippen MR) is 138 cm³/mol. The van der Waals surface area contributed by atoms with Crippen LogP contribution in [0.1, 0.15) is 31.0 Å². The number of rotatable bonds is 4. The molecule has 1 aromatic carbocycles. The van der Waals surface area contributed by atoms with Gasteiger partial charge in [0, 0.05) is 37.8 Å². The first-order valence-electron chi connectivity index (χ1n) is 11.8. The number of pyridine rings is 1. The Balaban J connectivity index is 1.72. The number of nitrogens with zero attached hydrogens (tertiary/aromatic N) is 6. The van der Waals surface area contributed by atoms with Gasteiger partial charge in [-0.3, -0.25) is 23.5 Å². The van der Waals surface area contributed by atoms with Crippen LogP contribution in [0.2, 0.25) is 0 Å². The SMILES string of the molecule is CC#CCn1c(N2CCC[C@@H](N)C2)nc2c1c(=O)n(Cc1ncc(C)c3ccccc13)c(=O)n2C. The van der Waals surface area contributed by atoms with Crippen LogP contribution < -0.4 is 21.9 Å². The molecule has 1 saturated heterocycles. The summed E-state index contributed by atoms with van der Waals surface area (Å²) in [5.74, 6) is 6.59. The van der Waals surface area contributed by atoms with Crippen LogP contribution in [0.25, 0.3) is 21.9 Å². The Morgan fingerprint density at radius 2 is 1.94 bits per heavy atom. The van der Waals surface area contributed by atoms with Gasteiger partial charge in [0.05, 0.1) is 18.8 Å². The van der Waals surface area contributed by atoms with Crippen molar-refractivity contribution < 1.29 is 0 Å². The number of fused-ring (bicyclic) bond motifs is 2. The number of hydrogen-bond donors (Lipinski definition) is 1. The zero-order valence-electron chi connectivity index (χ0n) is 20.3.